The van der Waals surface area contributed by atoms with Gasteiger partial charge in [0.2, 0.25) is 35.4 Å². The Kier molecular flexibility index (Phi) is 29.7. The van der Waals surface area contributed by atoms with Gasteiger partial charge in [-0.05, 0) is 77.9 Å². The molecule has 5 N–H and O–H groups in total. The third-order valence-corrected chi connectivity index (χ3v) is 14.6. The molecule has 448 valence electrons. The van der Waals surface area contributed by atoms with Crippen LogP contribution in [0.5, 0.6) is 0 Å². The lowest BCUT2D eigenvalue weighted by Crippen LogP contribution is -2.56. The van der Waals surface area contributed by atoms with Crippen LogP contribution in [0, 0.1) is 17.8 Å². The first kappa shape index (κ1) is 67.8. The first-order valence-corrected chi connectivity index (χ1v) is 27.9. The highest BCUT2D eigenvalue weighted by molar-refractivity contribution is 5.90. The molecule has 2 fully saturated rings. The summed E-state index contributed by atoms with van der Waals surface area (Å²) in [5, 5.41) is 20.2. The Bertz CT molecular complexity index is 2080. The fourth-order valence-corrected chi connectivity index (χ4v) is 10.4. The van der Waals surface area contributed by atoms with Crippen LogP contribution in [-0.4, -0.2) is 221 Å². The topological polar surface area (TPSA) is 273 Å². The van der Waals surface area contributed by atoms with Crippen molar-refractivity contribution in [3.63, 3.8) is 0 Å². The van der Waals surface area contributed by atoms with Gasteiger partial charge in [-0.2, -0.15) is 0 Å². The summed E-state index contributed by atoms with van der Waals surface area (Å²) < 4.78 is 33.7. The van der Waals surface area contributed by atoms with Crippen LogP contribution in [0.3, 0.4) is 0 Å². The average molecular weight is 1120 g/mol. The molecule has 1 aromatic carbocycles. The van der Waals surface area contributed by atoms with Crippen LogP contribution in [0.15, 0.2) is 30.3 Å². The third kappa shape index (κ3) is 21.5. The number of rotatable bonds is 34. The number of benzene rings is 1. The summed E-state index contributed by atoms with van der Waals surface area (Å²) in [4.78, 5) is 115. The van der Waals surface area contributed by atoms with Crippen molar-refractivity contribution in [3.8, 4) is 0 Å². The number of hydrogen-bond acceptors (Lipinski definition) is 16. The van der Waals surface area contributed by atoms with Gasteiger partial charge >= 0.3 is 12.1 Å². The predicted molar refractivity (Wildman–Crippen MR) is 294 cm³/mol. The molecule has 2 aliphatic rings. The van der Waals surface area contributed by atoms with Crippen LogP contribution in [0.2, 0.25) is 0 Å². The van der Waals surface area contributed by atoms with E-state index < -0.39 is 84.5 Å². The lowest BCUT2D eigenvalue weighted by molar-refractivity contribution is -0.184. The molecule has 5 unspecified atom stereocenters. The second-order valence-corrected chi connectivity index (χ2v) is 21.5. The number of aliphatic hydroxyl groups is 1. The van der Waals surface area contributed by atoms with Gasteiger partial charge < -0.3 is 69.5 Å². The van der Waals surface area contributed by atoms with Crippen molar-refractivity contribution in [1.82, 2.24) is 40.9 Å². The molecule has 23 heteroatoms. The molecule has 2 aliphatic heterocycles. The summed E-state index contributed by atoms with van der Waals surface area (Å²) in [5.74, 6) is -3.68. The number of hydrogen-bond donors (Lipinski definition) is 5. The molecule has 7 amide bonds. The van der Waals surface area contributed by atoms with Crippen molar-refractivity contribution in [3.05, 3.63) is 35.9 Å². The largest absolute Gasteiger partial charge is 0.462 e. The van der Waals surface area contributed by atoms with Crippen molar-refractivity contribution in [1.29, 1.82) is 0 Å². The predicted octanol–water partition coefficient (Wildman–Crippen LogP) is 2.25. The average Bonchev–Trinajstić information content (AvgIpc) is 4.14. The SMILES string of the molecule is CC[C@H](C)C([C@@H](CC(=O)N1CCC[C@H]1[C@H](OC)[C@@H](C)C(=O)N[C@@H](Cc1ccccc1)C(=O)NC(C)COC(=O)C1CCCN1C(=O)CCNC(=O)OCC(OCCO)OC(C)C)OC)N(C)C(=O)CNC(=O)C(C(C)C)N(C)C. The molecule has 79 heavy (non-hydrogen) atoms. The maximum absolute atomic E-state index is 14.4. The molecule has 1 aromatic rings. The number of amides is 7. The fourth-order valence-electron chi connectivity index (χ4n) is 10.4. The van der Waals surface area contributed by atoms with Crippen molar-refractivity contribution >= 4 is 47.5 Å². The van der Waals surface area contributed by atoms with E-state index in [0.29, 0.717) is 45.2 Å². The maximum atomic E-state index is 14.4. The van der Waals surface area contributed by atoms with Crippen LogP contribution in [-0.2, 0) is 68.4 Å². The van der Waals surface area contributed by atoms with Crippen molar-refractivity contribution in [2.24, 2.45) is 17.8 Å². The summed E-state index contributed by atoms with van der Waals surface area (Å²) >= 11 is 0. The molecule has 0 saturated carbocycles. The molecule has 0 spiro atoms. The lowest BCUT2D eigenvalue weighted by Gasteiger charge is -2.39. The number of nitrogens with one attached hydrogen (secondary N) is 4. The molecule has 23 nitrogen and oxygen atoms in total. The number of aliphatic hydroxyl groups excluding tert-OH is 1. The molecule has 2 saturated heterocycles. The number of ether oxygens (including phenoxy) is 6. The Labute approximate surface area is 468 Å². The van der Waals surface area contributed by atoms with E-state index in [1.165, 1.54) is 19.1 Å². The number of likely N-dealkylation sites (tertiary alicyclic amines) is 2. The summed E-state index contributed by atoms with van der Waals surface area (Å²) in [5.41, 5.74) is 0.780. The zero-order valence-electron chi connectivity index (χ0n) is 49.2. The number of methoxy groups -OCH3 is 2. The monoisotopic (exact) mass is 1120 g/mol. The van der Waals surface area contributed by atoms with Crippen LogP contribution in [0.4, 0.5) is 4.79 Å². The van der Waals surface area contributed by atoms with Gasteiger partial charge in [0.1, 0.15) is 25.3 Å². The summed E-state index contributed by atoms with van der Waals surface area (Å²) in [6.07, 6.45) is -0.537. The molecule has 11 atom stereocenters. The smallest absolute Gasteiger partial charge is 0.407 e. The van der Waals surface area contributed by atoms with Crippen molar-refractivity contribution in [2.45, 2.75) is 168 Å². The summed E-state index contributed by atoms with van der Waals surface area (Å²) in [6, 6.07) is 5.14. The van der Waals surface area contributed by atoms with E-state index in [2.05, 4.69) is 21.3 Å². The number of likely N-dealkylation sites (N-methyl/N-ethyl adjacent to an activating group) is 2. The molecule has 0 aromatic heterocycles. The van der Waals surface area contributed by atoms with E-state index in [9.17, 15) is 38.4 Å². The molecule has 0 radical (unpaired) electrons. The number of nitrogens with zero attached hydrogens (tertiary/aromatic N) is 4. The number of esters is 1. The van der Waals surface area contributed by atoms with Gasteiger partial charge in [-0.25, -0.2) is 9.59 Å². The maximum Gasteiger partial charge on any atom is 0.407 e. The first-order chi connectivity index (χ1) is 37.5. The van der Waals surface area contributed by atoms with Gasteiger partial charge in [-0.1, -0.05) is 71.4 Å². The Morgan fingerprint density at radius 1 is 0.785 bits per heavy atom. The van der Waals surface area contributed by atoms with Crippen LogP contribution >= 0.6 is 0 Å². The zero-order chi connectivity index (χ0) is 58.9. The fraction of sp³-hybridized carbons (Fsp3) is 0.750. The van der Waals surface area contributed by atoms with E-state index in [0.717, 1.165) is 5.56 Å². The molecular weight excluding hydrogens is 1020 g/mol. The van der Waals surface area contributed by atoms with Gasteiger partial charge in [0.25, 0.3) is 0 Å². The number of carbonyl (C=O) groups is 8. The van der Waals surface area contributed by atoms with Crippen LogP contribution in [0.25, 0.3) is 0 Å². The standard InChI is InChI=1S/C56H94N8O15/c1-14-37(6)50(62(11)47(68)32-58-54(71)49(35(2)3)61(9)10)44(74-12)31-46(67)63-26-18-22-42(63)51(75-13)39(8)52(69)60-41(30-40-20-16-15-17-21-40)53(70)59-38(7)33-77-55(72)43-23-19-27-64(43)45(66)24-25-57-56(73)78-34-48(76-29-28-65)79-36(4)5/h15-17,20-21,35-39,41-44,48-51,65H,14,18-19,22-34H2,1-13H3,(H,57,73)(H,58,71)(H,59,70)(H,60,69)/t37-,38?,39+,41-,42-,43?,44+,48?,49?,50?,51+/m0/s1. The highest BCUT2D eigenvalue weighted by Crippen LogP contribution is 2.30. The minimum Gasteiger partial charge on any atom is -0.462 e. The van der Waals surface area contributed by atoms with E-state index in [4.69, 9.17) is 33.5 Å². The second kappa shape index (κ2) is 34.6. The molecule has 3 rings (SSSR count). The third-order valence-electron chi connectivity index (χ3n) is 14.6. The van der Waals surface area contributed by atoms with Crippen molar-refractivity contribution in [2.75, 3.05) is 88.0 Å². The van der Waals surface area contributed by atoms with Crippen molar-refractivity contribution < 1.29 is 71.9 Å². The molecular formula is C56H94N8O15. The first-order valence-electron chi connectivity index (χ1n) is 27.9. The minimum atomic E-state index is -1.06. The summed E-state index contributed by atoms with van der Waals surface area (Å²) in [7, 11) is 8.30. The Morgan fingerprint density at radius 3 is 2.06 bits per heavy atom. The minimum absolute atomic E-state index is 0.00346. The lowest BCUT2D eigenvalue weighted by atomic mass is 9.90. The van der Waals surface area contributed by atoms with Gasteiger partial charge in [-0.15, -0.1) is 0 Å². The van der Waals surface area contributed by atoms with Gasteiger partial charge in [0, 0.05) is 53.7 Å². The number of alkyl carbamates (subject to hydrolysis) is 1. The van der Waals surface area contributed by atoms with Gasteiger partial charge in [0.15, 0.2) is 6.29 Å². The van der Waals surface area contributed by atoms with Crippen LogP contribution in [0.1, 0.15) is 106 Å². The highest BCUT2D eigenvalue weighted by Gasteiger charge is 2.43. The Balaban J connectivity index is 1.64. The Morgan fingerprint density at radius 2 is 1.46 bits per heavy atom. The molecule has 0 aliphatic carbocycles. The molecule has 2 heterocycles. The van der Waals surface area contributed by atoms with E-state index in [-0.39, 0.29) is 100 Å². The van der Waals surface area contributed by atoms with Crippen LogP contribution < -0.4 is 21.3 Å². The zero-order valence-corrected chi connectivity index (χ0v) is 49.2. The number of carbonyl (C=O) groups excluding carboxylic acids is 8. The second-order valence-electron chi connectivity index (χ2n) is 21.5. The van der Waals surface area contributed by atoms with E-state index >= 15 is 0 Å². The highest BCUT2D eigenvalue weighted by atomic mass is 16.7. The van der Waals surface area contributed by atoms with Gasteiger partial charge in [-0.3, -0.25) is 33.7 Å². The van der Waals surface area contributed by atoms with E-state index in [1.54, 1.807) is 44.5 Å². The molecule has 0 bridgehead atoms. The van der Waals surface area contributed by atoms with Gasteiger partial charge in [0.05, 0.1) is 74.6 Å². The quantitative estimate of drug-likeness (QED) is 0.0489. The summed E-state index contributed by atoms with van der Waals surface area (Å²) in [6.45, 7) is 14.6. The Hall–Kier alpha value is -5.46. The van der Waals surface area contributed by atoms with E-state index in [1.807, 2.05) is 77.0 Å². The normalized spacial score (nSPS) is 18.9.